The van der Waals surface area contributed by atoms with Gasteiger partial charge in [-0.15, -0.1) is 0 Å². The van der Waals surface area contributed by atoms with E-state index < -0.39 is 0 Å². The third-order valence-corrected chi connectivity index (χ3v) is 3.19. The first-order valence-electron chi connectivity index (χ1n) is 6.23. The minimum atomic E-state index is -0.183. The second-order valence-electron chi connectivity index (χ2n) is 4.56. The molecule has 0 unspecified atom stereocenters. The minimum absolute atomic E-state index is 0.183. The maximum absolute atomic E-state index is 5.48. The van der Waals surface area contributed by atoms with Crippen molar-refractivity contribution in [3.8, 4) is 11.1 Å². The Morgan fingerprint density at radius 3 is 1.83 bits per heavy atom. The van der Waals surface area contributed by atoms with Gasteiger partial charge >= 0.3 is 0 Å². The predicted octanol–water partition coefficient (Wildman–Crippen LogP) is 3.71. The Morgan fingerprint density at radius 2 is 1.28 bits per heavy atom. The Hall–Kier alpha value is -1.64. The fourth-order valence-electron chi connectivity index (χ4n) is 2.13. The van der Waals surface area contributed by atoms with Crippen LogP contribution < -0.4 is 0 Å². The van der Waals surface area contributed by atoms with Crippen molar-refractivity contribution < 1.29 is 9.47 Å². The molecule has 18 heavy (non-hydrogen) atoms. The van der Waals surface area contributed by atoms with E-state index in [1.54, 1.807) is 0 Å². The first kappa shape index (κ1) is 11.5. The van der Waals surface area contributed by atoms with Crippen LogP contribution in [0.15, 0.2) is 48.5 Å². The molecular formula is C16H16O2. The molecule has 0 bridgehead atoms. The van der Waals surface area contributed by atoms with Crippen molar-refractivity contribution in [3.05, 3.63) is 59.7 Å². The highest BCUT2D eigenvalue weighted by Crippen LogP contribution is 2.26. The lowest BCUT2D eigenvalue weighted by atomic mass is 10.0. The van der Waals surface area contributed by atoms with E-state index in [1.165, 1.54) is 16.7 Å². The van der Waals surface area contributed by atoms with Gasteiger partial charge in [0.15, 0.2) is 6.29 Å². The normalized spacial score (nSPS) is 16.1. The van der Waals surface area contributed by atoms with Gasteiger partial charge in [-0.1, -0.05) is 54.1 Å². The van der Waals surface area contributed by atoms with E-state index in [0.717, 1.165) is 5.56 Å². The average molecular weight is 240 g/mol. The average Bonchev–Trinajstić information content (AvgIpc) is 2.94. The first-order valence-corrected chi connectivity index (χ1v) is 6.23. The quantitative estimate of drug-likeness (QED) is 0.796. The fraction of sp³-hybridized carbons (Fsp3) is 0.250. The minimum Gasteiger partial charge on any atom is -0.346 e. The molecule has 1 heterocycles. The highest BCUT2D eigenvalue weighted by molar-refractivity contribution is 5.63. The smallest absolute Gasteiger partial charge is 0.184 e. The standard InChI is InChI=1S/C16H16O2/c1-12-2-4-13(5-3-12)14-6-8-15(9-7-14)16-17-10-11-18-16/h2-9,16H,10-11H2,1H3. The zero-order valence-corrected chi connectivity index (χ0v) is 10.4. The molecule has 2 aromatic carbocycles. The molecule has 2 aromatic rings. The van der Waals surface area contributed by atoms with Crippen LogP contribution in [0.25, 0.3) is 11.1 Å². The summed E-state index contributed by atoms with van der Waals surface area (Å²) in [5.41, 5.74) is 4.82. The Kier molecular flexibility index (Phi) is 3.13. The van der Waals surface area contributed by atoms with Gasteiger partial charge in [-0.3, -0.25) is 0 Å². The van der Waals surface area contributed by atoms with Crippen molar-refractivity contribution in [1.29, 1.82) is 0 Å². The van der Waals surface area contributed by atoms with E-state index in [-0.39, 0.29) is 6.29 Å². The van der Waals surface area contributed by atoms with Crippen molar-refractivity contribution in [2.45, 2.75) is 13.2 Å². The number of rotatable bonds is 2. The van der Waals surface area contributed by atoms with Crippen LogP contribution in [0, 0.1) is 6.92 Å². The summed E-state index contributed by atoms with van der Waals surface area (Å²) < 4.78 is 11.0. The molecule has 92 valence electrons. The van der Waals surface area contributed by atoms with Gasteiger partial charge in [-0.05, 0) is 18.1 Å². The summed E-state index contributed by atoms with van der Waals surface area (Å²) in [4.78, 5) is 0. The van der Waals surface area contributed by atoms with E-state index in [0.29, 0.717) is 13.2 Å². The number of aryl methyl sites for hydroxylation is 1. The molecule has 1 aliphatic heterocycles. The molecule has 0 spiro atoms. The molecule has 2 nitrogen and oxygen atoms in total. The van der Waals surface area contributed by atoms with Gasteiger partial charge in [-0.25, -0.2) is 0 Å². The van der Waals surface area contributed by atoms with Gasteiger partial charge in [0, 0.05) is 5.56 Å². The summed E-state index contributed by atoms with van der Waals surface area (Å²) in [5.74, 6) is 0. The van der Waals surface area contributed by atoms with Crippen LogP contribution in [0.1, 0.15) is 17.4 Å². The third kappa shape index (κ3) is 2.30. The van der Waals surface area contributed by atoms with Crippen LogP contribution in [0.3, 0.4) is 0 Å². The van der Waals surface area contributed by atoms with Crippen molar-refractivity contribution in [1.82, 2.24) is 0 Å². The maximum atomic E-state index is 5.48. The van der Waals surface area contributed by atoms with Gasteiger partial charge in [0.25, 0.3) is 0 Å². The number of hydrogen-bond donors (Lipinski definition) is 0. The monoisotopic (exact) mass is 240 g/mol. The Bertz CT molecular complexity index is 508. The Balaban J connectivity index is 1.84. The van der Waals surface area contributed by atoms with E-state index in [1.807, 2.05) is 0 Å². The molecule has 0 amide bonds. The maximum Gasteiger partial charge on any atom is 0.184 e. The topological polar surface area (TPSA) is 18.5 Å². The summed E-state index contributed by atoms with van der Waals surface area (Å²) in [5, 5.41) is 0. The summed E-state index contributed by atoms with van der Waals surface area (Å²) in [6.07, 6.45) is -0.183. The summed E-state index contributed by atoms with van der Waals surface area (Å²) in [7, 11) is 0. The van der Waals surface area contributed by atoms with Crippen LogP contribution in [0.4, 0.5) is 0 Å². The highest BCUT2D eigenvalue weighted by atomic mass is 16.7. The van der Waals surface area contributed by atoms with Crippen molar-refractivity contribution in [2.24, 2.45) is 0 Å². The largest absolute Gasteiger partial charge is 0.346 e. The van der Waals surface area contributed by atoms with E-state index >= 15 is 0 Å². The van der Waals surface area contributed by atoms with Crippen LogP contribution in [0.5, 0.6) is 0 Å². The lowest BCUT2D eigenvalue weighted by Crippen LogP contribution is -1.97. The van der Waals surface area contributed by atoms with Gasteiger partial charge < -0.3 is 9.47 Å². The number of ether oxygens (including phenoxy) is 2. The Morgan fingerprint density at radius 1 is 0.778 bits per heavy atom. The van der Waals surface area contributed by atoms with Crippen LogP contribution in [-0.2, 0) is 9.47 Å². The van der Waals surface area contributed by atoms with E-state index in [9.17, 15) is 0 Å². The molecule has 3 rings (SSSR count). The fourth-order valence-corrected chi connectivity index (χ4v) is 2.13. The molecule has 0 aromatic heterocycles. The van der Waals surface area contributed by atoms with Gasteiger partial charge in [0.1, 0.15) is 0 Å². The number of benzene rings is 2. The van der Waals surface area contributed by atoms with E-state index in [4.69, 9.17) is 9.47 Å². The molecule has 0 N–H and O–H groups in total. The summed E-state index contributed by atoms with van der Waals surface area (Å²) in [6, 6.07) is 16.9. The van der Waals surface area contributed by atoms with Gasteiger partial charge in [0.2, 0.25) is 0 Å². The Labute approximate surface area is 107 Å². The summed E-state index contributed by atoms with van der Waals surface area (Å²) in [6.45, 7) is 3.47. The van der Waals surface area contributed by atoms with Crippen LogP contribution in [0.2, 0.25) is 0 Å². The SMILES string of the molecule is Cc1ccc(-c2ccc(C3OCCO3)cc2)cc1. The third-order valence-electron chi connectivity index (χ3n) is 3.19. The molecule has 0 saturated carbocycles. The molecule has 0 atom stereocenters. The molecule has 0 radical (unpaired) electrons. The van der Waals surface area contributed by atoms with Gasteiger partial charge in [-0.2, -0.15) is 0 Å². The second kappa shape index (κ2) is 4.92. The lowest BCUT2D eigenvalue weighted by Gasteiger charge is -2.10. The zero-order chi connectivity index (χ0) is 12.4. The van der Waals surface area contributed by atoms with Crippen molar-refractivity contribution in [2.75, 3.05) is 13.2 Å². The molecule has 1 fully saturated rings. The number of hydrogen-bond acceptors (Lipinski definition) is 2. The summed E-state index contributed by atoms with van der Waals surface area (Å²) >= 11 is 0. The molecule has 1 aliphatic rings. The highest BCUT2D eigenvalue weighted by Gasteiger charge is 2.17. The van der Waals surface area contributed by atoms with Crippen LogP contribution >= 0.6 is 0 Å². The van der Waals surface area contributed by atoms with Crippen LogP contribution in [-0.4, -0.2) is 13.2 Å². The first-order chi connectivity index (χ1) is 8.83. The zero-order valence-electron chi connectivity index (χ0n) is 10.4. The van der Waals surface area contributed by atoms with Crippen molar-refractivity contribution >= 4 is 0 Å². The molecule has 0 aliphatic carbocycles. The molecular weight excluding hydrogens is 224 g/mol. The lowest BCUT2D eigenvalue weighted by molar-refractivity contribution is -0.0441. The predicted molar refractivity (Wildman–Crippen MR) is 71.3 cm³/mol. The molecule has 2 heteroatoms. The van der Waals surface area contributed by atoms with Crippen molar-refractivity contribution in [3.63, 3.8) is 0 Å². The molecule has 1 saturated heterocycles. The van der Waals surface area contributed by atoms with Gasteiger partial charge in [0.05, 0.1) is 13.2 Å². The van der Waals surface area contributed by atoms with E-state index in [2.05, 4.69) is 55.5 Å². The second-order valence-corrected chi connectivity index (χ2v) is 4.56.